The van der Waals surface area contributed by atoms with Crippen LogP contribution in [-0.4, -0.2) is 34.6 Å². The molecular weight excluding hydrogens is 238 g/mol. The first-order chi connectivity index (χ1) is 9.05. The number of carbonyl (C=O) groups is 1. The summed E-state index contributed by atoms with van der Waals surface area (Å²) in [6.07, 6.45) is 10.9. The Labute approximate surface area is 118 Å². The van der Waals surface area contributed by atoms with Crippen LogP contribution in [0.15, 0.2) is 0 Å². The lowest BCUT2D eigenvalue weighted by Crippen LogP contribution is -2.45. The molecule has 0 atom stereocenters. The van der Waals surface area contributed by atoms with Gasteiger partial charge in [0.2, 0.25) is 5.91 Å². The van der Waals surface area contributed by atoms with Crippen LogP contribution < -0.4 is 0 Å². The molecular formula is C16H31NO2. The summed E-state index contributed by atoms with van der Waals surface area (Å²) in [7, 11) is 0. The predicted octanol–water partition coefficient (Wildman–Crippen LogP) is 3.50. The van der Waals surface area contributed by atoms with Crippen LogP contribution in [0.25, 0.3) is 0 Å². The van der Waals surface area contributed by atoms with Crippen LogP contribution in [0.5, 0.6) is 0 Å². The minimum Gasteiger partial charge on any atom is -0.390 e. The monoisotopic (exact) mass is 269 g/mol. The lowest BCUT2D eigenvalue weighted by molar-refractivity contribution is -0.135. The Morgan fingerprint density at radius 3 is 2.16 bits per heavy atom. The van der Waals surface area contributed by atoms with Crippen molar-refractivity contribution in [2.45, 2.75) is 83.7 Å². The molecule has 0 aromatic rings. The fourth-order valence-electron chi connectivity index (χ4n) is 2.63. The number of piperidine rings is 1. The van der Waals surface area contributed by atoms with Gasteiger partial charge in [0.15, 0.2) is 0 Å². The molecule has 112 valence electrons. The van der Waals surface area contributed by atoms with Crippen molar-refractivity contribution < 1.29 is 9.90 Å². The molecule has 0 saturated carbocycles. The van der Waals surface area contributed by atoms with Gasteiger partial charge in [-0.15, -0.1) is 0 Å². The molecule has 0 unspecified atom stereocenters. The van der Waals surface area contributed by atoms with E-state index in [1.165, 1.54) is 38.5 Å². The molecule has 0 spiro atoms. The highest BCUT2D eigenvalue weighted by Crippen LogP contribution is 2.22. The zero-order valence-corrected chi connectivity index (χ0v) is 12.8. The van der Waals surface area contributed by atoms with Gasteiger partial charge < -0.3 is 10.0 Å². The molecule has 1 heterocycles. The largest absolute Gasteiger partial charge is 0.390 e. The first kappa shape index (κ1) is 16.5. The van der Waals surface area contributed by atoms with Gasteiger partial charge in [-0.1, -0.05) is 45.4 Å². The van der Waals surface area contributed by atoms with E-state index in [-0.39, 0.29) is 5.91 Å². The number of rotatable bonds is 8. The number of aliphatic hydroxyl groups is 1. The summed E-state index contributed by atoms with van der Waals surface area (Å²) in [6.45, 7) is 5.55. The predicted molar refractivity (Wildman–Crippen MR) is 79.0 cm³/mol. The van der Waals surface area contributed by atoms with Crippen LogP contribution in [-0.2, 0) is 4.79 Å². The van der Waals surface area contributed by atoms with E-state index in [2.05, 4.69) is 6.92 Å². The molecule has 0 radical (unpaired) electrons. The molecule has 3 heteroatoms. The average molecular weight is 269 g/mol. The van der Waals surface area contributed by atoms with Gasteiger partial charge in [-0.3, -0.25) is 4.79 Å². The third-order valence-corrected chi connectivity index (χ3v) is 4.19. The summed E-state index contributed by atoms with van der Waals surface area (Å²) in [5.74, 6) is 0.282. The molecule has 1 fully saturated rings. The summed E-state index contributed by atoms with van der Waals surface area (Å²) < 4.78 is 0. The van der Waals surface area contributed by atoms with E-state index in [0.29, 0.717) is 6.42 Å². The van der Waals surface area contributed by atoms with E-state index in [1.54, 1.807) is 0 Å². The molecule has 0 bridgehead atoms. The Balaban J connectivity index is 2.02. The molecule has 19 heavy (non-hydrogen) atoms. The highest BCUT2D eigenvalue weighted by atomic mass is 16.3. The molecule has 1 saturated heterocycles. The van der Waals surface area contributed by atoms with Crippen LogP contribution >= 0.6 is 0 Å². The van der Waals surface area contributed by atoms with Crippen molar-refractivity contribution in [3.63, 3.8) is 0 Å². The number of carbonyl (C=O) groups excluding carboxylic acids is 1. The van der Waals surface area contributed by atoms with Crippen molar-refractivity contribution >= 4 is 5.91 Å². The summed E-state index contributed by atoms with van der Waals surface area (Å²) in [4.78, 5) is 13.9. The van der Waals surface area contributed by atoms with Crippen molar-refractivity contribution in [1.82, 2.24) is 4.90 Å². The van der Waals surface area contributed by atoms with Crippen molar-refractivity contribution in [3.05, 3.63) is 0 Å². The van der Waals surface area contributed by atoms with E-state index >= 15 is 0 Å². The van der Waals surface area contributed by atoms with Crippen LogP contribution in [0.3, 0.4) is 0 Å². The Kier molecular flexibility index (Phi) is 7.44. The van der Waals surface area contributed by atoms with Gasteiger partial charge in [0.25, 0.3) is 0 Å². The maximum atomic E-state index is 12.0. The second kappa shape index (κ2) is 8.57. The first-order valence-electron chi connectivity index (χ1n) is 8.05. The molecule has 1 amide bonds. The Bertz CT molecular complexity index is 253. The number of nitrogens with zero attached hydrogens (tertiary/aromatic N) is 1. The summed E-state index contributed by atoms with van der Waals surface area (Å²) in [5, 5.41) is 9.85. The van der Waals surface area contributed by atoms with Crippen LogP contribution in [0.4, 0.5) is 0 Å². The number of hydrogen-bond acceptors (Lipinski definition) is 2. The summed E-state index contributed by atoms with van der Waals surface area (Å²) in [6, 6.07) is 0. The van der Waals surface area contributed by atoms with Gasteiger partial charge in [0.1, 0.15) is 0 Å². The third kappa shape index (κ3) is 6.95. The SMILES string of the molecule is CCCCCCCCCC(=O)N1CCC(C)(O)CC1. The number of amides is 1. The van der Waals surface area contributed by atoms with Crippen molar-refractivity contribution in [2.75, 3.05) is 13.1 Å². The minimum atomic E-state index is -0.559. The quantitative estimate of drug-likeness (QED) is 0.685. The van der Waals surface area contributed by atoms with Crippen LogP contribution in [0.2, 0.25) is 0 Å². The molecule has 0 aromatic carbocycles. The van der Waals surface area contributed by atoms with Crippen molar-refractivity contribution in [1.29, 1.82) is 0 Å². The van der Waals surface area contributed by atoms with Gasteiger partial charge in [0.05, 0.1) is 5.60 Å². The number of unbranched alkanes of at least 4 members (excludes halogenated alkanes) is 6. The van der Waals surface area contributed by atoms with E-state index in [1.807, 2.05) is 11.8 Å². The van der Waals surface area contributed by atoms with Crippen LogP contribution in [0.1, 0.15) is 78.1 Å². The van der Waals surface area contributed by atoms with E-state index in [9.17, 15) is 9.90 Å². The number of likely N-dealkylation sites (tertiary alicyclic amines) is 1. The summed E-state index contributed by atoms with van der Waals surface area (Å²) in [5.41, 5.74) is -0.559. The fraction of sp³-hybridized carbons (Fsp3) is 0.938. The third-order valence-electron chi connectivity index (χ3n) is 4.19. The highest BCUT2D eigenvalue weighted by Gasteiger charge is 2.29. The Morgan fingerprint density at radius 2 is 1.58 bits per heavy atom. The van der Waals surface area contributed by atoms with Crippen molar-refractivity contribution in [2.24, 2.45) is 0 Å². The second-order valence-corrected chi connectivity index (χ2v) is 6.25. The highest BCUT2D eigenvalue weighted by molar-refractivity contribution is 5.76. The maximum absolute atomic E-state index is 12.0. The minimum absolute atomic E-state index is 0.282. The summed E-state index contributed by atoms with van der Waals surface area (Å²) >= 11 is 0. The zero-order valence-electron chi connectivity index (χ0n) is 12.8. The Hall–Kier alpha value is -0.570. The van der Waals surface area contributed by atoms with Crippen molar-refractivity contribution in [3.8, 4) is 0 Å². The van der Waals surface area contributed by atoms with Gasteiger partial charge in [0, 0.05) is 19.5 Å². The van der Waals surface area contributed by atoms with Gasteiger partial charge in [-0.25, -0.2) is 0 Å². The van der Waals surface area contributed by atoms with Gasteiger partial charge in [-0.2, -0.15) is 0 Å². The van der Waals surface area contributed by atoms with Gasteiger partial charge in [-0.05, 0) is 26.2 Å². The van der Waals surface area contributed by atoms with E-state index < -0.39 is 5.60 Å². The molecule has 1 aliphatic heterocycles. The average Bonchev–Trinajstić information content (AvgIpc) is 2.37. The van der Waals surface area contributed by atoms with Crippen LogP contribution in [0, 0.1) is 0 Å². The molecule has 0 aliphatic carbocycles. The Morgan fingerprint density at radius 1 is 1.05 bits per heavy atom. The molecule has 1 N–H and O–H groups in total. The van der Waals surface area contributed by atoms with E-state index in [4.69, 9.17) is 0 Å². The first-order valence-corrected chi connectivity index (χ1v) is 8.05. The number of hydrogen-bond donors (Lipinski definition) is 1. The standard InChI is InChI=1S/C16H31NO2/c1-3-4-5-6-7-8-9-10-15(18)17-13-11-16(2,19)12-14-17/h19H,3-14H2,1-2H3. The van der Waals surface area contributed by atoms with E-state index in [0.717, 1.165) is 32.4 Å². The molecule has 1 rings (SSSR count). The normalized spacial score (nSPS) is 18.6. The smallest absolute Gasteiger partial charge is 0.222 e. The topological polar surface area (TPSA) is 40.5 Å². The zero-order chi connectivity index (χ0) is 14.1. The lowest BCUT2D eigenvalue weighted by Gasteiger charge is -2.35. The van der Waals surface area contributed by atoms with Gasteiger partial charge >= 0.3 is 0 Å². The fourth-order valence-corrected chi connectivity index (χ4v) is 2.63. The maximum Gasteiger partial charge on any atom is 0.222 e. The second-order valence-electron chi connectivity index (χ2n) is 6.25. The molecule has 1 aliphatic rings. The molecule has 0 aromatic heterocycles. The lowest BCUT2D eigenvalue weighted by atomic mass is 9.93. The molecule has 3 nitrogen and oxygen atoms in total.